The van der Waals surface area contributed by atoms with E-state index in [0.29, 0.717) is 0 Å². The SMILES string of the molecule is NC(c1ccc(C2CCC2)cc1)c1cncnc1. The van der Waals surface area contributed by atoms with Gasteiger partial charge < -0.3 is 5.73 Å². The molecular formula is C15H17N3. The fourth-order valence-corrected chi connectivity index (χ4v) is 2.38. The van der Waals surface area contributed by atoms with Crippen molar-refractivity contribution in [2.24, 2.45) is 5.73 Å². The van der Waals surface area contributed by atoms with Gasteiger partial charge in [0.2, 0.25) is 0 Å². The lowest BCUT2D eigenvalue weighted by molar-refractivity contribution is 0.419. The van der Waals surface area contributed by atoms with E-state index in [-0.39, 0.29) is 6.04 Å². The van der Waals surface area contributed by atoms with Crippen molar-refractivity contribution in [3.8, 4) is 0 Å². The third-order valence-electron chi connectivity index (χ3n) is 3.81. The molecule has 3 heteroatoms. The number of aromatic nitrogens is 2. The van der Waals surface area contributed by atoms with Crippen LogP contribution >= 0.6 is 0 Å². The predicted octanol–water partition coefficient (Wildman–Crippen LogP) is 2.79. The van der Waals surface area contributed by atoms with E-state index in [9.17, 15) is 0 Å². The molecule has 0 bridgehead atoms. The molecule has 0 radical (unpaired) electrons. The average molecular weight is 239 g/mol. The van der Waals surface area contributed by atoms with Crippen LogP contribution in [0.5, 0.6) is 0 Å². The molecule has 2 N–H and O–H groups in total. The van der Waals surface area contributed by atoms with E-state index < -0.39 is 0 Å². The molecule has 3 nitrogen and oxygen atoms in total. The Balaban J connectivity index is 1.80. The Hall–Kier alpha value is -1.74. The van der Waals surface area contributed by atoms with Crippen LogP contribution in [0.25, 0.3) is 0 Å². The van der Waals surface area contributed by atoms with E-state index in [0.717, 1.165) is 17.0 Å². The second-order valence-corrected chi connectivity index (χ2v) is 4.94. The molecule has 0 aliphatic heterocycles. The summed E-state index contributed by atoms with van der Waals surface area (Å²) in [4.78, 5) is 8.02. The first-order chi connectivity index (χ1) is 8.84. The Kier molecular flexibility index (Phi) is 3.07. The molecule has 1 aliphatic carbocycles. The topological polar surface area (TPSA) is 51.8 Å². The van der Waals surface area contributed by atoms with Gasteiger partial charge in [0.25, 0.3) is 0 Å². The van der Waals surface area contributed by atoms with E-state index in [1.807, 2.05) is 0 Å². The second kappa shape index (κ2) is 4.86. The molecule has 92 valence electrons. The average Bonchev–Trinajstić information content (AvgIpc) is 2.38. The van der Waals surface area contributed by atoms with Gasteiger partial charge in [0.15, 0.2) is 0 Å². The maximum absolute atomic E-state index is 6.21. The zero-order chi connectivity index (χ0) is 12.4. The fourth-order valence-electron chi connectivity index (χ4n) is 2.38. The van der Waals surface area contributed by atoms with Crippen molar-refractivity contribution < 1.29 is 0 Å². The molecule has 18 heavy (non-hydrogen) atoms. The van der Waals surface area contributed by atoms with Gasteiger partial charge >= 0.3 is 0 Å². The highest BCUT2D eigenvalue weighted by Gasteiger charge is 2.19. The summed E-state index contributed by atoms with van der Waals surface area (Å²) in [5.74, 6) is 0.773. The van der Waals surface area contributed by atoms with Gasteiger partial charge in [-0.15, -0.1) is 0 Å². The van der Waals surface area contributed by atoms with Crippen LogP contribution in [0, 0.1) is 0 Å². The molecule has 1 atom stereocenters. The third-order valence-corrected chi connectivity index (χ3v) is 3.81. The standard InChI is InChI=1S/C15H17N3/c16-15(14-8-17-10-18-9-14)13-6-4-12(5-7-13)11-2-1-3-11/h4-11,15H,1-3,16H2. The van der Waals surface area contributed by atoms with Crippen molar-refractivity contribution in [1.82, 2.24) is 9.97 Å². The molecule has 1 saturated carbocycles. The molecular weight excluding hydrogens is 222 g/mol. The number of benzene rings is 1. The lowest BCUT2D eigenvalue weighted by Crippen LogP contribution is -2.13. The van der Waals surface area contributed by atoms with Crippen LogP contribution in [0.3, 0.4) is 0 Å². The van der Waals surface area contributed by atoms with Crippen molar-refractivity contribution in [3.05, 3.63) is 59.7 Å². The zero-order valence-corrected chi connectivity index (χ0v) is 10.3. The molecule has 3 rings (SSSR count). The molecule has 1 unspecified atom stereocenters. The van der Waals surface area contributed by atoms with Crippen LogP contribution in [0.1, 0.15) is 47.9 Å². The highest BCUT2D eigenvalue weighted by atomic mass is 14.8. The molecule has 0 amide bonds. The van der Waals surface area contributed by atoms with Crippen LogP contribution < -0.4 is 5.73 Å². The van der Waals surface area contributed by atoms with E-state index in [1.165, 1.54) is 31.2 Å². The quantitative estimate of drug-likeness (QED) is 0.896. The lowest BCUT2D eigenvalue weighted by Gasteiger charge is -2.26. The van der Waals surface area contributed by atoms with Gasteiger partial charge in [-0.1, -0.05) is 30.7 Å². The Morgan fingerprint density at radius 1 is 1.00 bits per heavy atom. The van der Waals surface area contributed by atoms with E-state index in [2.05, 4.69) is 34.2 Å². The molecule has 1 fully saturated rings. The highest BCUT2D eigenvalue weighted by molar-refractivity contribution is 5.32. The summed E-state index contributed by atoms with van der Waals surface area (Å²) in [6, 6.07) is 8.55. The van der Waals surface area contributed by atoms with Gasteiger partial charge in [-0.2, -0.15) is 0 Å². The van der Waals surface area contributed by atoms with Crippen molar-refractivity contribution in [2.45, 2.75) is 31.2 Å². The van der Waals surface area contributed by atoms with Crippen LogP contribution in [0.4, 0.5) is 0 Å². The summed E-state index contributed by atoms with van der Waals surface area (Å²) in [6.07, 6.45) is 9.11. The Morgan fingerprint density at radius 2 is 1.67 bits per heavy atom. The summed E-state index contributed by atoms with van der Waals surface area (Å²) in [6.45, 7) is 0. The highest BCUT2D eigenvalue weighted by Crippen LogP contribution is 2.36. The van der Waals surface area contributed by atoms with Gasteiger partial charge in [-0.25, -0.2) is 9.97 Å². The molecule has 1 aromatic carbocycles. The largest absolute Gasteiger partial charge is 0.320 e. The number of hydrogen-bond acceptors (Lipinski definition) is 3. The van der Waals surface area contributed by atoms with Gasteiger partial charge in [0.05, 0.1) is 6.04 Å². The molecule has 0 saturated heterocycles. The second-order valence-electron chi connectivity index (χ2n) is 4.94. The normalized spacial score (nSPS) is 17.2. The summed E-state index contributed by atoms with van der Waals surface area (Å²) < 4.78 is 0. The summed E-state index contributed by atoms with van der Waals surface area (Å²) >= 11 is 0. The Bertz CT molecular complexity index is 503. The monoisotopic (exact) mass is 239 g/mol. The smallest absolute Gasteiger partial charge is 0.115 e. The molecule has 1 aromatic heterocycles. The maximum atomic E-state index is 6.21. The first-order valence-electron chi connectivity index (χ1n) is 6.45. The van der Waals surface area contributed by atoms with Crippen LogP contribution in [0.15, 0.2) is 43.0 Å². The van der Waals surface area contributed by atoms with Crippen LogP contribution in [-0.2, 0) is 0 Å². The van der Waals surface area contributed by atoms with E-state index in [1.54, 1.807) is 12.4 Å². The minimum atomic E-state index is -0.137. The van der Waals surface area contributed by atoms with Crippen LogP contribution in [-0.4, -0.2) is 9.97 Å². The van der Waals surface area contributed by atoms with Crippen molar-refractivity contribution in [3.63, 3.8) is 0 Å². The summed E-state index contributed by atoms with van der Waals surface area (Å²) in [5.41, 5.74) is 9.73. The van der Waals surface area contributed by atoms with Crippen molar-refractivity contribution in [1.29, 1.82) is 0 Å². The molecule has 1 aliphatic rings. The Labute approximate surface area is 107 Å². The number of rotatable bonds is 3. The van der Waals surface area contributed by atoms with Crippen molar-refractivity contribution >= 4 is 0 Å². The van der Waals surface area contributed by atoms with E-state index in [4.69, 9.17) is 5.73 Å². The van der Waals surface area contributed by atoms with Crippen LogP contribution in [0.2, 0.25) is 0 Å². The molecule has 0 spiro atoms. The molecule has 2 aromatic rings. The van der Waals surface area contributed by atoms with Gasteiger partial charge in [0, 0.05) is 18.0 Å². The lowest BCUT2D eigenvalue weighted by atomic mass is 9.80. The van der Waals surface area contributed by atoms with Gasteiger partial charge in [0.1, 0.15) is 6.33 Å². The summed E-state index contributed by atoms with van der Waals surface area (Å²) in [5, 5.41) is 0. The van der Waals surface area contributed by atoms with E-state index >= 15 is 0 Å². The van der Waals surface area contributed by atoms with Gasteiger partial charge in [-0.3, -0.25) is 0 Å². The molecule has 1 heterocycles. The summed E-state index contributed by atoms with van der Waals surface area (Å²) in [7, 11) is 0. The fraction of sp³-hybridized carbons (Fsp3) is 0.333. The van der Waals surface area contributed by atoms with Gasteiger partial charge in [-0.05, 0) is 29.9 Å². The third kappa shape index (κ3) is 2.14. The Morgan fingerprint density at radius 3 is 2.22 bits per heavy atom. The maximum Gasteiger partial charge on any atom is 0.115 e. The minimum Gasteiger partial charge on any atom is -0.320 e. The first kappa shape index (κ1) is 11.4. The number of nitrogens with zero attached hydrogens (tertiary/aromatic N) is 2. The van der Waals surface area contributed by atoms with Crippen molar-refractivity contribution in [2.75, 3.05) is 0 Å². The zero-order valence-electron chi connectivity index (χ0n) is 10.3. The number of hydrogen-bond donors (Lipinski definition) is 1. The first-order valence-corrected chi connectivity index (χ1v) is 6.45. The number of nitrogens with two attached hydrogens (primary N) is 1. The predicted molar refractivity (Wildman–Crippen MR) is 71.1 cm³/mol. The minimum absolute atomic E-state index is 0.137.